The van der Waals surface area contributed by atoms with Gasteiger partial charge in [-0.2, -0.15) is 0 Å². The number of aryl methyl sites for hydroxylation is 3. The zero-order chi connectivity index (χ0) is 15.2. The Balaban J connectivity index is 2.30. The maximum absolute atomic E-state index is 4.78. The molecule has 2 aromatic heterocycles. The summed E-state index contributed by atoms with van der Waals surface area (Å²) < 4.78 is 0. The van der Waals surface area contributed by atoms with Crippen LogP contribution in [0.4, 0.5) is 0 Å². The second-order valence-corrected chi connectivity index (χ2v) is 6.17. The Morgan fingerprint density at radius 3 is 2.24 bits per heavy atom. The van der Waals surface area contributed by atoms with Crippen LogP contribution in [0.2, 0.25) is 0 Å². The zero-order valence-corrected chi connectivity index (χ0v) is 14.2. The van der Waals surface area contributed by atoms with Gasteiger partial charge in [0.05, 0.1) is 17.1 Å². The lowest BCUT2D eigenvalue weighted by Gasteiger charge is -2.13. The summed E-state index contributed by atoms with van der Waals surface area (Å²) >= 11 is 1.68. The Hall–Kier alpha value is -1.33. The molecule has 0 radical (unpaired) electrons. The number of thiazole rings is 1. The predicted octanol–water partition coefficient (Wildman–Crippen LogP) is 2.72. The molecular weight excluding hydrogens is 280 g/mol. The first-order chi connectivity index (χ1) is 10.2. The molecule has 0 saturated carbocycles. The Morgan fingerprint density at radius 2 is 1.76 bits per heavy atom. The van der Waals surface area contributed by atoms with Crippen LogP contribution >= 0.6 is 11.3 Å². The fourth-order valence-corrected chi connectivity index (χ4v) is 3.10. The largest absolute Gasteiger partial charge is 0.319 e. The normalized spacial score (nSPS) is 11.0. The summed E-state index contributed by atoms with van der Waals surface area (Å²) in [4.78, 5) is 14.1. The topological polar surface area (TPSA) is 50.7 Å². The van der Waals surface area contributed by atoms with Gasteiger partial charge in [-0.3, -0.25) is 0 Å². The van der Waals surface area contributed by atoms with Crippen molar-refractivity contribution in [3.05, 3.63) is 38.9 Å². The molecule has 0 spiro atoms. The minimum Gasteiger partial charge on any atom is -0.319 e. The van der Waals surface area contributed by atoms with Crippen LogP contribution in [0.5, 0.6) is 0 Å². The molecule has 2 rings (SSSR count). The highest BCUT2D eigenvalue weighted by Crippen LogP contribution is 2.17. The summed E-state index contributed by atoms with van der Waals surface area (Å²) in [5.74, 6) is 0.905. The summed E-state index contributed by atoms with van der Waals surface area (Å²) in [6.07, 6.45) is 3.64. The second kappa shape index (κ2) is 7.61. The van der Waals surface area contributed by atoms with Crippen molar-refractivity contribution in [2.24, 2.45) is 0 Å². The van der Waals surface area contributed by atoms with Gasteiger partial charge in [0, 0.05) is 16.8 Å². The van der Waals surface area contributed by atoms with Crippen molar-refractivity contribution in [2.75, 3.05) is 13.6 Å². The average molecular weight is 304 g/mol. The van der Waals surface area contributed by atoms with Crippen molar-refractivity contribution in [1.29, 1.82) is 0 Å². The Bertz CT molecular complexity index is 567. The smallest absolute Gasteiger partial charge is 0.134 e. The number of nitrogens with zero attached hydrogens (tertiary/aromatic N) is 3. The number of nitrogens with one attached hydrogen (secondary N) is 1. The van der Waals surface area contributed by atoms with Crippen LogP contribution in [0.15, 0.2) is 5.38 Å². The lowest BCUT2D eigenvalue weighted by molar-refractivity contribution is 0.746. The number of hydrogen-bond donors (Lipinski definition) is 1. The molecule has 0 aromatic carbocycles. The molecule has 0 aliphatic heterocycles. The number of aromatic nitrogens is 3. The molecule has 21 heavy (non-hydrogen) atoms. The molecule has 0 aliphatic rings. The van der Waals surface area contributed by atoms with E-state index in [2.05, 4.69) is 29.5 Å². The molecule has 1 N–H and O–H groups in total. The third-order valence-corrected chi connectivity index (χ3v) is 4.35. The summed E-state index contributed by atoms with van der Waals surface area (Å²) in [6.45, 7) is 7.33. The molecule has 4 nitrogen and oxygen atoms in total. The minimum absolute atomic E-state index is 0.733. The molecule has 0 aliphatic carbocycles. The highest BCUT2D eigenvalue weighted by atomic mass is 32.1. The first-order valence-electron chi connectivity index (χ1n) is 7.61. The summed E-state index contributed by atoms with van der Waals surface area (Å²) in [5, 5.41) is 6.41. The van der Waals surface area contributed by atoms with Crippen molar-refractivity contribution in [3.63, 3.8) is 0 Å². The molecule has 0 amide bonds. The zero-order valence-electron chi connectivity index (χ0n) is 13.4. The molecule has 0 atom stereocenters. The van der Waals surface area contributed by atoms with Gasteiger partial charge in [-0.25, -0.2) is 15.0 Å². The van der Waals surface area contributed by atoms with Gasteiger partial charge in [0.1, 0.15) is 5.82 Å². The molecule has 114 valence electrons. The first-order valence-corrected chi connectivity index (χ1v) is 8.49. The molecule has 0 fully saturated rings. The van der Waals surface area contributed by atoms with E-state index >= 15 is 0 Å². The lowest BCUT2D eigenvalue weighted by atomic mass is 10.0. The maximum Gasteiger partial charge on any atom is 0.134 e. The fraction of sp³-hybridized carbons (Fsp3) is 0.562. The molecule has 2 heterocycles. The van der Waals surface area contributed by atoms with Crippen LogP contribution in [0.1, 0.15) is 47.3 Å². The van der Waals surface area contributed by atoms with Gasteiger partial charge in [-0.15, -0.1) is 11.3 Å². The summed E-state index contributed by atoms with van der Waals surface area (Å²) in [7, 11) is 1.98. The lowest BCUT2D eigenvalue weighted by Crippen LogP contribution is -2.16. The van der Waals surface area contributed by atoms with Crippen molar-refractivity contribution in [1.82, 2.24) is 20.3 Å². The van der Waals surface area contributed by atoms with E-state index in [4.69, 9.17) is 9.97 Å². The van der Waals surface area contributed by atoms with E-state index in [1.165, 1.54) is 17.0 Å². The van der Waals surface area contributed by atoms with Crippen molar-refractivity contribution >= 4 is 11.3 Å². The number of rotatable bonds is 7. The molecule has 0 bridgehead atoms. The van der Waals surface area contributed by atoms with Crippen molar-refractivity contribution in [2.45, 2.75) is 46.5 Å². The van der Waals surface area contributed by atoms with Gasteiger partial charge in [0.2, 0.25) is 0 Å². The van der Waals surface area contributed by atoms with Gasteiger partial charge in [-0.05, 0) is 45.3 Å². The van der Waals surface area contributed by atoms with Crippen LogP contribution in [-0.4, -0.2) is 28.5 Å². The SMILES string of the molecule is CCc1nc(Cc2csc(C)n2)nc(CC)c1CCNC. The molecular formula is C16H24N4S. The van der Waals surface area contributed by atoms with Gasteiger partial charge in [-0.1, -0.05) is 13.8 Å². The summed E-state index contributed by atoms with van der Waals surface area (Å²) in [6, 6.07) is 0. The minimum atomic E-state index is 0.733. The van der Waals surface area contributed by atoms with Crippen LogP contribution in [0.3, 0.4) is 0 Å². The Kier molecular flexibility index (Phi) is 5.82. The third-order valence-electron chi connectivity index (χ3n) is 3.53. The van der Waals surface area contributed by atoms with Gasteiger partial charge in [0.15, 0.2) is 0 Å². The van der Waals surface area contributed by atoms with Crippen LogP contribution in [0.25, 0.3) is 0 Å². The van der Waals surface area contributed by atoms with E-state index in [1.807, 2.05) is 14.0 Å². The Labute approximate surface area is 131 Å². The quantitative estimate of drug-likeness (QED) is 0.854. The van der Waals surface area contributed by atoms with Crippen LogP contribution < -0.4 is 5.32 Å². The van der Waals surface area contributed by atoms with Crippen molar-refractivity contribution < 1.29 is 0 Å². The van der Waals surface area contributed by atoms with Gasteiger partial charge in [0.25, 0.3) is 0 Å². The van der Waals surface area contributed by atoms with Gasteiger partial charge >= 0.3 is 0 Å². The monoisotopic (exact) mass is 304 g/mol. The van der Waals surface area contributed by atoms with Crippen LogP contribution in [-0.2, 0) is 25.7 Å². The highest BCUT2D eigenvalue weighted by Gasteiger charge is 2.13. The molecule has 2 aromatic rings. The third kappa shape index (κ3) is 4.08. The fourth-order valence-electron chi connectivity index (χ4n) is 2.49. The predicted molar refractivity (Wildman–Crippen MR) is 88.1 cm³/mol. The Morgan fingerprint density at radius 1 is 1.10 bits per heavy atom. The molecule has 0 unspecified atom stereocenters. The second-order valence-electron chi connectivity index (χ2n) is 5.11. The highest BCUT2D eigenvalue weighted by molar-refractivity contribution is 7.09. The van der Waals surface area contributed by atoms with E-state index in [0.29, 0.717) is 0 Å². The number of hydrogen-bond acceptors (Lipinski definition) is 5. The summed E-state index contributed by atoms with van der Waals surface area (Å²) in [5.41, 5.74) is 4.79. The van der Waals surface area contributed by atoms with E-state index in [-0.39, 0.29) is 0 Å². The number of likely N-dealkylation sites (N-methyl/N-ethyl adjacent to an activating group) is 1. The standard InChI is InChI=1S/C16H24N4S/c1-5-14-13(7-8-17-4)15(6-2)20-16(19-14)9-12-10-21-11(3)18-12/h10,17H,5-9H2,1-4H3. The average Bonchev–Trinajstić information content (AvgIpc) is 2.90. The molecule has 5 heteroatoms. The van der Waals surface area contributed by atoms with Crippen molar-refractivity contribution in [3.8, 4) is 0 Å². The first kappa shape index (κ1) is 16.0. The maximum atomic E-state index is 4.78. The van der Waals surface area contributed by atoms with Gasteiger partial charge < -0.3 is 5.32 Å². The van der Waals surface area contributed by atoms with E-state index in [9.17, 15) is 0 Å². The van der Waals surface area contributed by atoms with E-state index in [1.54, 1.807) is 11.3 Å². The van der Waals surface area contributed by atoms with E-state index in [0.717, 1.165) is 48.8 Å². The van der Waals surface area contributed by atoms with E-state index < -0.39 is 0 Å². The molecule has 0 saturated heterocycles. The van der Waals surface area contributed by atoms with Crippen LogP contribution in [0, 0.1) is 6.92 Å².